The van der Waals surface area contributed by atoms with Crippen LogP contribution in [0.4, 0.5) is 5.82 Å². The second kappa shape index (κ2) is 3.46. The number of aromatic nitrogens is 1. The molecule has 0 fully saturated rings. The lowest BCUT2D eigenvalue weighted by Gasteiger charge is -2.10. The summed E-state index contributed by atoms with van der Waals surface area (Å²) in [6, 6.07) is 2.09. The minimum atomic E-state index is -0.0122. The Kier molecular flexibility index (Phi) is 2.47. The van der Waals surface area contributed by atoms with Crippen LogP contribution in [-0.2, 0) is 0 Å². The molecule has 1 aliphatic heterocycles. The molecule has 4 heteroatoms. The van der Waals surface area contributed by atoms with Crippen molar-refractivity contribution >= 4 is 33.3 Å². The average molecular weight is 262 g/mol. The average Bonchev–Trinajstić information content (AvgIpc) is 2.40. The zero-order chi connectivity index (χ0) is 9.42. The van der Waals surface area contributed by atoms with Crippen molar-refractivity contribution in [2.75, 3.05) is 5.32 Å². The van der Waals surface area contributed by atoms with Crippen LogP contribution < -0.4 is 5.32 Å². The number of nitrogens with one attached hydrogen (secondary N) is 1. The first-order chi connectivity index (χ1) is 6.22. The standard InChI is InChI=1S/C9H10BrClN2/c1-2-6-7-3-5(10)4-12-9(7)13-8(6)11/h3-4,6,8H,2H2,1H3,(H,12,13). The number of halogens is 2. The monoisotopic (exact) mass is 260 g/mol. The van der Waals surface area contributed by atoms with Gasteiger partial charge in [0.25, 0.3) is 0 Å². The summed E-state index contributed by atoms with van der Waals surface area (Å²) in [4.78, 5) is 4.26. The fourth-order valence-electron chi connectivity index (χ4n) is 1.67. The highest BCUT2D eigenvalue weighted by molar-refractivity contribution is 9.10. The van der Waals surface area contributed by atoms with Gasteiger partial charge in [0.1, 0.15) is 11.3 Å². The van der Waals surface area contributed by atoms with Gasteiger partial charge in [-0.1, -0.05) is 18.5 Å². The fraction of sp³-hybridized carbons (Fsp3) is 0.444. The predicted molar refractivity (Wildman–Crippen MR) is 58.2 cm³/mol. The van der Waals surface area contributed by atoms with Crippen LogP contribution in [0.1, 0.15) is 24.8 Å². The molecule has 0 amide bonds. The van der Waals surface area contributed by atoms with Crippen molar-refractivity contribution in [2.24, 2.45) is 0 Å². The number of rotatable bonds is 1. The van der Waals surface area contributed by atoms with Gasteiger partial charge < -0.3 is 5.32 Å². The van der Waals surface area contributed by atoms with Crippen LogP contribution in [0.15, 0.2) is 16.7 Å². The molecule has 1 aromatic rings. The number of anilines is 1. The van der Waals surface area contributed by atoms with Gasteiger partial charge >= 0.3 is 0 Å². The van der Waals surface area contributed by atoms with Crippen molar-refractivity contribution in [3.63, 3.8) is 0 Å². The summed E-state index contributed by atoms with van der Waals surface area (Å²) in [6.45, 7) is 2.14. The molecule has 2 unspecified atom stereocenters. The maximum atomic E-state index is 6.13. The highest BCUT2D eigenvalue weighted by atomic mass is 79.9. The van der Waals surface area contributed by atoms with E-state index in [1.54, 1.807) is 6.20 Å². The molecule has 0 bridgehead atoms. The molecule has 1 aliphatic rings. The van der Waals surface area contributed by atoms with Crippen LogP contribution in [0.3, 0.4) is 0 Å². The van der Waals surface area contributed by atoms with Gasteiger partial charge in [0, 0.05) is 22.2 Å². The van der Waals surface area contributed by atoms with Crippen LogP contribution in [0, 0.1) is 0 Å². The smallest absolute Gasteiger partial charge is 0.130 e. The summed E-state index contributed by atoms with van der Waals surface area (Å²) < 4.78 is 1.01. The lowest BCUT2D eigenvalue weighted by molar-refractivity contribution is 0.690. The van der Waals surface area contributed by atoms with E-state index < -0.39 is 0 Å². The highest BCUT2D eigenvalue weighted by Crippen LogP contribution is 2.39. The van der Waals surface area contributed by atoms with E-state index >= 15 is 0 Å². The molecule has 0 saturated heterocycles. The number of hydrogen-bond acceptors (Lipinski definition) is 2. The minimum Gasteiger partial charge on any atom is -0.353 e. The van der Waals surface area contributed by atoms with Crippen molar-refractivity contribution < 1.29 is 0 Å². The first-order valence-electron chi connectivity index (χ1n) is 4.28. The second-order valence-electron chi connectivity index (χ2n) is 3.15. The summed E-state index contributed by atoms with van der Waals surface area (Å²) in [5, 5.41) is 3.16. The van der Waals surface area contributed by atoms with Crippen LogP contribution in [-0.4, -0.2) is 10.5 Å². The molecule has 0 aliphatic carbocycles. The molecule has 2 rings (SSSR count). The topological polar surface area (TPSA) is 24.9 Å². The first kappa shape index (κ1) is 9.28. The van der Waals surface area contributed by atoms with E-state index in [4.69, 9.17) is 11.6 Å². The van der Waals surface area contributed by atoms with Gasteiger partial charge in [-0.15, -0.1) is 0 Å². The third kappa shape index (κ3) is 1.55. The third-order valence-corrected chi connectivity index (χ3v) is 3.20. The molecule has 1 aromatic heterocycles. The van der Waals surface area contributed by atoms with Crippen molar-refractivity contribution in [1.29, 1.82) is 0 Å². The third-order valence-electron chi connectivity index (χ3n) is 2.35. The first-order valence-corrected chi connectivity index (χ1v) is 5.51. The zero-order valence-corrected chi connectivity index (χ0v) is 9.56. The Morgan fingerprint density at radius 2 is 2.46 bits per heavy atom. The van der Waals surface area contributed by atoms with E-state index in [-0.39, 0.29) is 5.50 Å². The molecule has 0 radical (unpaired) electrons. The summed E-state index contributed by atoms with van der Waals surface area (Å²) in [5.41, 5.74) is 1.21. The molecule has 0 spiro atoms. The Balaban J connectivity index is 2.44. The molecule has 2 heterocycles. The van der Waals surface area contributed by atoms with E-state index in [1.165, 1.54) is 5.56 Å². The molecule has 1 N–H and O–H groups in total. The molecule has 0 aromatic carbocycles. The maximum Gasteiger partial charge on any atom is 0.130 e. The Morgan fingerprint density at radius 3 is 3.15 bits per heavy atom. The van der Waals surface area contributed by atoms with Crippen LogP contribution in [0.5, 0.6) is 0 Å². The van der Waals surface area contributed by atoms with E-state index in [2.05, 4.69) is 39.2 Å². The van der Waals surface area contributed by atoms with E-state index in [1.807, 2.05) is 0 Å². The van der Waals surface area contributed by atoms with Gasteiger partial charge in [-0.3, -0.25) is 0 Å². The molecule has 0 saturated carbocycles. The van der Waals surface area contributed by atoms with Crippen molar-refractivity contribution in [3.8, 4) is 0 Å². The van der Waals surface area contributed by atoms with E-state index in [9.17, 15) is 0 Å². The SMILES string of the molecule is CCC1c2cc(Br)cnc2NC1Cl. The van der Waals surface area contributed by atoms with Crippen LogP contribution in [0.2, 0.25) is 0 Å². The molecule has 13 heavy (non-hydrogen) atoms. The number of hydrogen-bond donors (Lipinski definition) is 1. The second-order valence-corrected chi connectivity index (χ2v) is 4.54. The Hall–Kier alpha value is -0.280. The Morgan fingerprint density at radius 1 is 1.69 bits per heavy atom. The van der Waals surface area contributed by atoms with Crippen LogP contribution in [0.25, 0.3) is 0 Å². The fourth-order valence-corrected chi connectivity index (χ4v) is 2.44. The molecule has 70 valence electrons. The number of fused-ring (bicyclic) bond motifs is 1. The van der Waals surface area contributed by atoms with Gasteiger partial charge in [-0.25, -0.2) is 4.98 Å². The lowest BCUT2D eigenvalue weighted by Crippen LogP contribution is -2.11. The van der Waals surface area contributed by atoms with Crippen molar-refractivity contribution in [1.82, 2.24) is 4.98 Å². The van der Waals surface area contributed by atoms with Crippen LogP contribution >= 0.6 is 27.5 Å². The number of pyridine rings is 1. The normalized spacial score (nSPS) is 25.5. The Bertz CT molecular complexity index is 329. The van der Waals surface area contributed by atoms with E-state index in [0.717, 1.165) is 16.7 Å². The van der Waals surface area contributed by atoms with Gasteiger partial charge in [-0.05, 0) is 28.4 Å². The summed E-state index contributed by atoms with van der Waals surface area (Å²) in [7, 11) is 0. The summed E-state index contributed by atoms with van der Waals surface area (Å²) in [6.07, 6.45) is 2.82. The maximum absolute atomic E-state index is 6.13. The molecular weight excluding hydrogens is 251 g/mol. The van der Waals surface area contributed by atoms with Crippen molar-refractivity contribution in [3.05, 3.63) is 22.3 Å². The van der Waals surface area contributed by atoms with Gasteiger partial charge in [-0.2, -0.15) is 0 Å². The highest BCUT2D eigenvalue weighted by Gasteiger charge is 2.30. The quantitative estimate of drug-likeness (QED) is 0.619. The van der Waals surface area contributed by atoms with Gasteiger partial charge in [0.05, 0.1) is 0 Å². The minimum absolute atomic E-state index is 0.0122. The largest absolute Gasteiger partial charge is 0.353 e. The molecular formula is C9H10BrClN2. The zero-order valence-electron chi connectivity index (χ0n) is 7.22. The summed E-state index contributed by atoms with van der Waals surface area (Å²) >= 11 is 9.54. The predicted octanol–water partition coefficient (Wildman–Crippen LogP) is 3.33. The van der Waals surface area contributed by atoms with Gasteiger partial charge in [0.15, 0.2) is 0 Å². The molecule has 2 atom stereocenters. The van der Waals surface area contributed by atoms with Crippen molar-refractivity contribution in [2.45, 2.75) is 24.8 Å². The number of nitrogens with zero attached hydrogens (tertiary/aromatic N) is 1. The summed E-state index contributed by atoms with van der Waals surface area (Å²) in [5.74, 6) is 1.30. The number of alkyl halides is 1. The molecule has 2 nitrogen and oxygen atoms in total. The Labute approximate surface area is 90.8 Å². The van der Waals surface area contributed by atoms with E-state index in [0.29, 0.717) is 5.92 Å². The lowest BCUT2D eigenvalue weighted by atomic mass is 10.0. The van der Waals surface area contributed by atoms with Gasteiger partial charge in [0.2, 0.25) is 0 Å².